The van der Waals surface area contributed by atoms with Crippen LogP contribution in [-0.2, 0) is 0 Å². The zero-order chi connectivity index (χ0) is 14.5. The second-order valence-corrected chi connectivity index (χ2v) is 4.42. The Morgan fingerprint density at radius 3 is 2.75 bits per heavy atom. The summed E-state index contributed by atoms with van der Waals surface area (Å²) in [6.07, 6.45) is 0.744. The highest BCUT2D eigenvalue weighted by Gasteiger charge is 2.13. The van der Waals surface area contributed by atoms with Crippen molar-refractivity contribution in [2.45, 2.75) is 13.0 Å². The third kappa shape index (κ3) is 3.30. The van der Waals surface area contributed by atoms with Crippen molar-refractivity contribution in [3.05, 3.63) is 63.8 Å². The largest absolute Gasteiger partial charge is 0.387 e. The maximum Gasteiger partial charge on any atom is 0.277 e. The number of nitro groups is 1. The van der Waals surface area contributed by atoms with E-state index in [1.807, 2.05) is 30.3 Å². The van der Waals surface area contributed by atoms with E-state index in [1.165, 1.54) is 12.3 Å². The Kier molecular flexibility index (Phi) is 4.27. The van der Waals surface area contributed by atoms with Gasteiger partial charge >= 0.3 is 0 Å². The van der Waals surface area contributed by atoms with Crippen molar-refractivity contribution in [3.63, 3.8) is 0 Å². The average Bonchev–Trinajstić information content (AvgIpc) is 2.46. The van der Waals surface area contributed by atoms with Crippen molar-refractivity contribution in [1.29, 1.82) is 0 Å². The van der Waals surface area contributed by atoms with Crippen LogP contribution in [0.15, 0.2) is 42.6 Å². The predicted molar refractivity (Wildman–Crippen MR) is 75.5 cm³/mol. The summed E-state index contributed by atoms with van der Waals surface area (Å²) in [6.45, 7) is 1.87. The maximum atomic E-state index is 10.8. The van der Waals surface area contributed by atoms with Gasteiger partial charge in [-0.2, -0.15) is 0 Å². The maximum absolute atomic E-state index is 10.8. The highest BCUT2D eigenvalue weighted by molar-refractivity contribution is 5.49. The first kappa shape index (κ1) is 14.0. The van der Waals surface area contributed by atoms with Crippen LogP contribution in [0.3, 0.4) is 0 Å². The molecule has 1 unspecified atom stereocenters. The van der Waals surface area contributed by atoms with Gasteiger partial charge in [0.25, 0.3) is 5.69 Å². The number of benzene rings is 1. The Morgan fingerprint density at radius 1 is 1.40 bits per heavy atom. The molecule has 0 aliphatic carbocycles. The summed E-state index contributed by atoms with van der Waals surface area (Å²) in [6, 6.07) is 10.6. The lowest BCUT2D eigenvalue weighted by Crippen LogP contribution is -2.13. The van der Waals surface area contributed by atoms with E-state index in [2.05, 4.69) is 10.3 Å². The number of pyridine rings is 1. The molecule has 2 N–H and O–H groups in total. The van der Waals surface area contributed by atoms with Crippen LogP contribution < -0.4 is 5.32 Å². The fraction of sp³-hybridized carbons (Fsp3) is 0.214. The van der Waals surface area contributed by atoms with Crippen molar-refractivity contribution in [1.82, 2.24) is 4.98 Å². The first-order valence-electron chi connectivity index (χ1n) is 6.16. The molecule has 6 heteroatoms. The summed E-state index contributed by atoms with van der Waals surface area (Å²) in [4.78, 5) is 14.4. The lowest BCUT2D eigenvalue weighted by molar-refractivity contribution is -0.385. The Hall–Kier alpha value is -2.47. The summed E-state index contributed by atoms with van der Waals surface area (Å²) in [5.41, 5.74) is 1.29. The Labute approximate surface area is 116 Å². The highest BCUT2D eigenvalue weighted by Crippen LogP contribution is 2.20. The molecule has 0 saturated heterocycles. The second-order valence-electron chi connectivity index (χ2n) is 4.42. The molecular weight excluding hydrogens is 258 g/mol. The summed E-state index contributed by atoms with van der Waals surface area (Å²) >= 11 is 0. The topological polar surface area (TPSA) is 88.3 Å². The fourth-order valence-electron chi connectivity index (χ4n) is 1.80. The number of nitrogens with zero attached hydrogens (tertiary/aromatic N) is 2. The normalized spacial score (nSPS) is 11.9. The monoisotopic (exact) mass is 273 g/mol. The van der Waals surface area contributed by atoms with Gasteiger partial charge in [0.1, 0.15) is 5.82 Å². The minimum atomic E-state index is -0.696. The molecule has 0 aliphatic rings. The number of hydrogen-bond donors (Lipinski definition) is 2. The number of aliphatic hydroxyl groups is 1. The smallest absolute Gasteiger partial charge is 0.277 e. The van der Waals surface area contributed by atoms with Crippen molar-refractivity contribution in [3.8, 4) is 0 Å². The SMILES string of the molecule is Cc1cnc(NCC(O)c2ccccc2)cc1[N+](=O)[O-]. The van der Waals surface area contributed by atoms with E-state index >= 15 is 0 Å². The number of hydrogen-bond acceptors (Lipinski definition) is 5. The fourth-order valence-corrected chi connectivity index (χ4v) is 1.80. The van der Waals surface area contributed by atoms with E-state index in [4.69, 9.17) is 0 Å². The number of nitrogens with one attached hydrogen (secondary N) is 1. The van der Waals surface area contributed by atoms with Crippen LogP contribution in [0.5, 0.6) is 0 Å². The Bertz CT molecular complexity index is 602. The molecule has 1 atom stereocenters. The molecule has 2 rings (SSSR count). The van der Waals surface area contributed by atoms with E-state index in [0.717, 1.165) is 5.56 Å². The summed E-state index contributed by atoms with van der Waals surface area (Å²) < 4.78 is 0. The second kappa shape index (κ2) is 6.12. The van der Waals surface area contributed by atoms with Gasteiger partial charge in [0.05, 0.1) is 17.1 Å². The van der Waals surface area contributed by atoms with Crippen LogP contribution in [0.4, 0.5) is 11.5 Å². The number of aryl methyl sites for hydroxylation is 1. The van der Waals surface area contributed by atoms with Crippen molar-refractivity contribution in [2.75, 3.05) is 11.9 Å². The molecule has 0 radical (unpaired) electrons. The summed E-state index contributed by atoms with van der Waals surface area (Å²) in [5.74, 6) is 0.372. The van der Waals surface area contributed by atoms with Crippen molar-refractivity contribution >= 4 is 11.5 Å². The van der Waals surface area contributed by atoms with Gasteiger partial charge in [0, 0.05) is 18.3 Å². The highest BCUT2D eigenvalue weighted by atomic mass is 16.6. The number of anilines is 1. The van der Waals surface area contributed by atoms with Gasteiger partial charge in [-0.1, -0.05) is 30.3 Å². The Balaban J connectivity index is 2.04. The zero-order valence-corrected chi connectivity index (χ0v) is 11.0. The molecule has 0 saturated carbocycles. The van der Waals surface area contributed by atoms with Crippen LogP contribution in [0, 0.1) is 17.0 Å². The van der Waals surface area contributed by atoms with E-state index in [9.17, 15) is 15.2 Å². The summed E-state index contributed by atoms with van der Waals surface area (Å²) in [5, 5.41) is 23.7. The van der Waals surface area contributed by atoms with Crippen LogP contribution in [0.2, 0.25) is 0 Å². The average molecular weight is 273 g/mol. The standard InChI is InChI=1S/C14H15N3O3/c1-10-8-15-14(7-12(10)17(19)20)16-9-13(18)11-5-3-2-4-6-11/h2-8,13,18H,9H2,1H3,(H,15,16). The molecule has 1 aromatic heterocycles. The molecule has 6 nitrogen and oxygen atoms in total. The zero-order valence-electron chi connectivity index (χ0n) is 11.0. The minimum absolute atomic E-state index is 0.0108. The number of aliphatic hydroxyl groups excluding tert-OH is 1. The van der Waals surface area contributed by atoms with Gasteiger partial charge in [-0.3, -0.25) is 10.1 Å². The predicted octanol–water partition coefficient (Wildman–Crippen LogP) is 2.44. The molecular formula is C14H15N3O3. The minimum Gasteiger partial charge on any atom is -0.387 e. The van der Waals surface area contributed by atoms with Gasteiger partial charge in [-0.05, 0) is 12.5 Å². The quantitative estimate of drug-likeness (QED) is 0.645. The third-order valence-corrected chi connectivity index (χ3v) is 2.93. The third-order valence-electron chi connectivity index (χ3n) is 2.93. The molecule has 1 heterocycles. The van der Waals surface area contributed by atoms with E-state index in [1.54, 1.807) is 6.92 Å². The van der Waals surface area contributed by atoms with Gasteiger partial charge in [0.15, 0.2) is 0 Å². The van der Waals surface area contributed by atoms with Crippen LogP contribution in [0.1, 0.15) is 17.2 Å². The van der Waals surface area contributed by atoms with Crippen molar-refractivity contribution < 1.29 is 10.0 Å². The molecule has 0 bridgehead atoms. The number of rotatable bonds is 5. The van der Waals surface area contributed by atoms with Gasteiger partial charge < -0.3 is 10.4 Å². The summed E-state index contributed by atoms with van der Waals surface area (Å²) in [7, 11) is 0. The van der Waals surface area contributed by atoms with Crippen LogP contribution in [0.25, 0.3) is 0 Å². The van der Waals surface area contributed by atoms with Gasteiger partial charge in [-0.15, -0.1) is 0 Å². The number of aromatic nitrogens is 1. The van der Waals surface area contributed by atoms with E-state index in [0.29, 0.717) is 11.4 Å². The molecule has 0 aliphatic heterocycles. The Morgan fingerprint density at radius 2 is 2.10 bits per heavy atom. The molecule has 0 spiro atoms. The first-order chi connectivity index (χ1) is 9.58. The lowest BCUT2D eigenvalue weighted by Gasteiger charge is -2.12. The lowest BCUT2D eigenvalue weighted by atomic mass is 10.1. The molecule has 0 fully saturated rings. The van der Waals surface area contributed by atoms with Crippen LogP contribution in [-0.4, -0.2) is 21.6 Å². The molecule has 0 amide bonds. The molecule has 1 aromatic carbocycles. The van der Waals surface area contributed by atoms with E-state index < -0.39 is 11.0 Å². The van der Waals surface area contributed by atoms with Gasteiger partial charge in [-0.25, -0.2) is 4.98 Å². The van der Waals surface area contributed by atoms with Crippen molar-refractivity contribution in [2.24, 2.45) is 0 Å². The van der Waals surface area contributed by atoms with Gasteiger partial charge in [0.2, 0.25) is 0 Å². The molecule has 104 valence electrons. The van der Waals surface area contributed by atoms with Crippen LogP contribution >= 0.6 is 0 Å². The van der Waals surface area contributed by atoms with E-state index in [-0.39, 0.29) is 12.2 Å². The first-order valence-corrected chi connectivity index (χ1v) is 6.16. The molecule has 2 aromatic rings. The molecule has 20 heavy (non-hydrogen) atoms.